The van der Waals surface area contributed by atoms with E-state index in [1.807, 2.05) is 30.5 Å². The molecule has 0 spiro atoms. The van der Waals surface area contributed by atoms with Crippen molar-refractivity contribution in [1.29, 1.82) is 0 Å². The molecule has 8 aromatic rings. The predicted molar refractivity (Wildman–Crippen MR) is 219 cm³/mol. The van der Waals surface area contributed by atoms with Crippen molar-refractivity contribution in [1.82, 2.24) is 9.55 Å². The fourth-order valence-corrected chi connectivity index (χ4v) is 8.11. The van der Waals surface area contributed by atoms with Gasteiger partial charge in [0.05, 0.1) is 34.8 Å². The molecule has 254 valence electrons. The highest BCUT2D eigenvalue weighted by Crippen LogP contribution is 2.45. The topological polar surface area (TPSA) is 27.5 Å². The van der Waals surface area contributed by atoms with E-state index in [2.05, 4.69) is 157 Å². The average molecular weight is 679 g/mol. The summed E-state index contributed by atoms with van der Waals surface area (Å²) in [5.74, 6) is 0.857. The maximum atomic E-state index is 8.27. The minimum absolute atomic E-state index is 0.225. The van der Waals surface area contributed by atoms with Crippen molar-refractivity contribution in [3.63, 3.8) is 0 Å². The van der Waals surface area contributed by atoms with E-state index in [0.717, 1.165) is 72.8 Å². The summed E-state index contributed by atoms with van der Waals surface area (Å²) < 4.78 is 27.1. The molecule has 0 bridgehead atoms. The van der Waals surface area contributed by atoms with Crippen LogP contribution in [-0.2, 0) is 0 Å². The van der Waals surface area contributed by atoms with E-state index in [1.54, 1.807) is 0 Å². The van der Waals surface area contributed by atoms with Crippen molar-refractivity contribution in [2.75, 3.05) is 28.3 Å². The van der Waals surface area contributed by atoms with Crippen LogP contribution in [0.4, 0.5) is 34.1 Å². The van der Waals surface area contributed by atoms with E-state index in [-0.39, 0.29) is 6.67 Å². The Morgan fingerprint density at radius 2 is 1.27 bits per heavy atom. The summed E-state index contributed by atoms with van der Waals surface area (Å²) >= 11 is 0. The Bertz CT molecular complexity index is 2730. The normalized spacial score (nSPS) is 13.7. The van der Waals surface area contributed by atoms with Crippen LogP contribution in [0.1, 0.15) is 26.4 Å². The van der Waals surface area contributed by atoms with Gasteiger partial charge in [-0.3, -0.25) is 4.57 Å². The van der Waals surface area contributed by atoms with Crippen LogP contribution in [0.25, 0.3) is 38.8 Å². The molecule has 5 heteroatoms. The number of nitrogens with zero attached hydrogens (tertiary/aromatic N) is 5. The Labute approximate surface area is 309 Å². The van der Waals surface area contributed by atoms with E-state index >= 15 is 0 Å². The molecule has 1 aliphatic rings. The van der Waals surface area contributed by atoms with Crippen LogP contribution < -0.4 is 14.7 Å². The third-order valence-corrected chi connectivity index (χ3v) is 10.5. The lowest BCUT2D eigenvalue weighted by Crippen LogP contribution is -2.24. The fraction of sp³-hybridized carbons (Fsp3) is 0.128. The van der Waals surface area contributed by atoms with Crippen LogP contribution in [0.3, 0.4) is 0 Å². The zero-order valence-electron chi connectivity index (χ0n) is 32.8. The second-order valence-corrected chi connectivity index (χ2v) is 13.8. The van der Waals surface area contributed by atoms with Gasteiger partial charge in [0.1, 0.15) is 5.82 Å². The van der Waals surface area contributed by atoms with Crippen LogP contribution in [0.5, 0.6) is 0 Å². The maximum Gasteiger partial charge on any atom is 0.138 e. The number of aryl methyl sites for hydroxylation is 4. The Morgan fingerprint density at radius 1 is 0.596 bits per heavy atom. The molecule has 5 nitrogen and oxygen atoms in total. The highest BCUT2D eigenvalue weighted by atomic mass is 15.4. The summed E-state index contributed by atoms with van der Waals surface area (Å²) in [6.45, 7) is 6.60. The molecule has 0 atom stereocenters. The van der Waals surface area contributed by atoms with E-state index < -0.39 is 6.98 Å². The van der Waals surface area contributed by atoms with Crippen molar-refractivity contribution in [2.24, 2.45) is 0 Å². The monoisotopic (exact) mass is 678 g/mol. The smallest absolute Gasteiger partial charge is 0.138 e. The molecule has 0 unspecified atom stereocenters. The minimum atomic E-state index is -2.27. The van der Waals surface area contributed by atoms with Crippen LogP contribution in [0.2, 0.25) is 0 Å². The van der Waals surface area contributed by atoms with Crippen LogP contribution in [0, 0.1) is 27.7 Å². The number of rotatable bonds is 6. The summed E-state index contributed by atoms with van der Waals surface area (Å²) in [5.41, 5.74) is 14.8. The zero-order valence-corrected chi connectivity index (χ0v) is 29.8. The highest BCUT2D eigenvalue weighted by molar-refractivity contribution is 6.10. The summed E-state index contributed by atoms with van der Waals surface area (Å²) in [6, 6.07) is 48.6. The van der Waals surface area contributed by atoms with Crippen molar-refractivity contribution in [3.05, 3.63) is 168 Å². The predicted octanol–water partition coefficient (Wildman–Crippen LogP) is 12.1. The first-order chi connectivity index (χ1) is 26.6. The van der Waals surface area contributed by atoms with E-state index in [4.69, 9.17) is 9.10 Å². The van der Waals surface area contributed by atoms with Crippen molar-refractivity contribution in [2.45, 2.75) is 27.7 Å². The van der Waals surface area contributed by atoms with Gasteiger partial charge in [0.15, 0.2) is 0 Å². The molecule has 9 rings (SSSR count). The number of para-hydroxylation sites is 4. The second-order valence-electron chi connectivity index (χ2n) is 13.8. The summed E-state index contributed by atoms with van der Waals surface area (Å²) in [4.78, 5) is 10.9. The quantitative estimate of drug-likeness (QED) is 0.175. The number of benzene rings is 6. The molecule has 1 aliphatic heterocycles. The van der Waals surface area contributed by atoms with Crippen molar-refractivity contribution >= 4 is 55.9 Å². The van der Waals surface area contributed by atoms with Crippen LogP contribution in [-0.4, -0.2) is 23.2 Å². The van der Waals surface area contributed by atoms with Gasteiger partial charge in [0.25, 0.3) is 0 Å². The number of fused-ring (bicyclic) bond motifs is 4. The summed E-state index contributed by atoms with van der Waals surface area (Å²) in [6.07, 6.45) is 1.92. The minimum Gasteiger partial charge on any atom is -0.355 e. The molecule has 2 aromatic heterocycles. The van der Waals surface area contributed by atoms with Crippen molar-refractivity contribution in [3.8, 4) is 16.9 Å². The molecule has 0 N–H and O–H groups in total. The molecule has 6 aromatic carbocycles. The number of aromatic nitrogens is 2. The van der Waals surface area contributed by atoms with Gasteiger partial charge in [-0.2, -0.15) is 0 Å². The van der Waals surface area contributed by atoms with Crippen LogP contribution >= 0.6 is 0 Å². The van der Waals surface area contributed by atoms with Gasteiger partial charge >= 0.3 is 0 Å². The average Bonchev–Trinajstić information content (AvgIpc) is 3.73. The van der Waals surface area contributed by atoms with Crippen molar-refractivity contribution < 1.29 is 4.11 Å². The third-order valence-electron chi connectivity index (χ3n) is 10.5. The molecule has 0 aliphatic carbocycles. The molecule has 0 saturated carbocycles. The molecule has 52 heavy (non-hydrogen) atoms. The Kier molecular flexibility index (Phi) is 6.80. The second kappa shape index (κ2) is 12.5. The molecular formula is C47H41N5. The van der Waals surface area contributed by atoms with Crippen LogP contribution in [0.15, 0.2) is 146 Å². The van der Waals surface area contributed by atoms with Gasteiger partial charge in [-0.15, -0.1) is 0 Å². The first-order valence-electron chi connectivity index (χ1n) is 19.3. The lowest BCUT2D eigenvalue weighted by atomic mass is 9.96. The van der Waals surface area contributed by atoms with Gasteiger partial charge in [0.2, 0.25) is 0 Å². The van der Waals surface area contributed by atoms with E-state index in [9.17, 15) is 0 Å². The Hall–Kier alpha value is -6.33. The highest BCUT2D eigenvalue weighted by Gasteiger charge is 2.26. The van der Waals surface area contributed by atoms with Gasteiger partial charge < -0.3 is 14.7 Å². The van der Waals surface area contributed by atoms with Gasteiger partial charge in [-0.25, -0.2) is 4.98 Å². The van der Waals surface area contributed by atoms with Gasteiger partial charge in [-0.1, -0.05) is 78.9 Å². The molecule has 3 heterocycles. The summed E-state index contributed by atoms with van der Waals surface area (Å²) in [5, 5.41) is 2.31. The maximum absolute atomic E-state index is 8.27. The Balaban J connectivity index is 1.24. The van der Waals surface area contributed by atoms with Gasteiger partial charge in [-0.05, 0) is 122 Å². The number of pyridine rings is 1. The van der Waals surface area contributed by atoms with E-state index in [1.165, 1.54) is 21.6 Å². The first kappa shape index (κ1) is 28.4. The standard InChI is InChI=1S/C47H41N5/c1-31-13-10-14-32(2)46(31)35-25-26-48-45(27-35)52-41-20-7-6-19-39(41)40-24-23-38(29-44(40)52)51(47-33(3)15-11-16-34(47)4)37-18-12-17-36(28-37)50-30-49(5)42-21-8-9-22-43(42)50/h6-29H,30H2,1-5H3/i5D3. The molecule has 0 radical (unpaired) electrons. The number of hydrogen-bond acceptors (Lipinski definition) is 4. The largest absolute Gasteiger partial charge is 0.355 e. The van der Waals surface area contributed by atoms with E-state index in [0.29, 0.717) is 5.69 Å². The molecular weight excluding hydrogens is 635 g/mol. The molecule has 0 amide bonds. The zero-order chi connectivity index (χ0) is 38.0. The lowest BCUT2D eigenvalue weighted by molar-refractivity contribution is 0.949. The Morgan fingerprint density at radius 3 is 2.06 bits per heavy atom. The SMILES string of the molecule is [2H]C([2H])([2H])N1CN(c2cccc(N(c3ccc4c5ccccc5n(-c5cc(-c6c(C)cccc6C)ccn5)c4c3)c3c(C)cccc3C)c2)c2ccccc21. The number of anilines is 6. The lowest BCUT2D eigenvalue weighted by Gasteiger charge is -2.30. The molecule has 0 fully saturated rings. The molecule has 0 saturated heterocycles. The first-order valence-corrected chi connectivity index (χ1v) is 17.8. The summed E-state index contributed by atoms with van der Waals surface area (Å²) in [7, 11) is 0. The number of hydrogen-bond donors (Lipinski definition) is 0. The third kappa shape index (κ3) is 5.12. The fourth-order valence-electron chi connectivity index (χ4n) is 8.11. The van der Waals surface area contributed by atoms with Gasteiger partial charge in [0, 0.05) is 45.1 Å².